The topological polar surface area (TPSA) is 184 Å². The van der Waals surface area contributed by atoms with E-state index in [1.54, 1.807) is 0 Å². The number of aromatic amines is 1. The third-order valence-corrected chi connectivity index (χ3v) is 12.5. The molecule has 1 saturated heterocycles. The van der Waals surface area contributed by atoms with Gasteiger partial charge in [0.05, 0.1) is 33.7 Å². The predicted molar refractivity (Wildman–Crippen MR) is 171 cm³/mol. The van der Waals surface area contributed by atoms with Gasteiger partial charge in [-0.15, -0.1) is 0 Å². The highest BCUT2D eigenvalue weighted by Crippen LogP contribution is 2.37. The van der Waals surface area contributed by atoms with Gasteiger partial charge in [0.1, 0.15) is 12.4 Å². The molecule has 0 aliphatic carbocycles. The Hall–Kier alpha value is -1.95. The van der Waals surface area contributed by atoms with Crippen LogP contribution in [0.3, 0.4) is 0 Å². The maximum Gasteiger partial charge on any atom is 0.480 e. The second kappa shape index (κ2) is 21.5. The number of likely N-dealkylation sites (tertiary alicyclic amines) is 1. The molecule has 0 amide bonds. The quantitative estimate of drug-likeness (QED) is 0.0906. The number of sulfonamides is 4. The van der Waals surface area contributed by atoms with Gasteiger partial charge < -0.3 is 12.7 Å². The van der Waals surface area contributed by atoms with Gasteiger partial charge in [0.25, 0.3) is 5.82 Å². The molecule has 0 radical (unpaired) electrons. The van der Waals surface area contributed by atoms with Crippen LogP contribution in [0.15, 0.2) is 12.4 Å². The number of hydrogen-bond acceptors (Lipinski definition) is 8. The van der Waals surface area contributed by atoms with Gasteiger partial charge in [0.2, 0.25) is 0 Å². The van der Waals surface area contributed by atoms with Crippen LogP contribution in [0.2, 0.25) is 0 Å². The lowest BCUT2D eigenvalue weighted by atomic mass is 10.1. The number of nitrogens with one attached hydrogen (secondary N) is 1. The Bertz CT molecular complexity index is 1520. The average Bonchev–Trinajstić information content (AvgIpc) is 3.59. The van der Waals surface area contributed by atoms with Crippen LogP contribution in [0.4, 0.5) is 52.7 Å². The van der Waals surface area contributed by atoms with Gasteiger partial charge in [-0.25, -0.2) is 43.2 Å². The lowest BCUT2D eigenvalue weighted by molar-refractivity contribution is -0.897. The number of imidazole rings is 1. The summed E-state index contributed by atoms with van der Waals surface area (Å²) in [6.07, 6.45) is 19.2. The molecule has 2 rings (SSSR count). The zero-order valence-electron chi connectivity index (χ0n) is 29.3. The first-order valence-corrected chi connectivity index (χ1v) is 21.4. The summed E-state index contributed by atoms with van der Waals surface area (Å²) in [4.78, 5) is 3.25. The Labute approximate surface area is 306 Å². The summed E-state index contributed by atoms with van der Waals surface area (Å²) in [6.45, 7) is 8.83. The largest absolute Gasteiger partial charge is 0.480 e. The molecule has 2 heterocycles. The third kappa shape index (κ3) is 19.8. The fourth-order valence-corrected chi connectivity index (χ4v) is 7.49. The molecule has 1 fully saturated rings. The van der Waals surface area contributed by atoms with E-state index in [-0.39, 0.29) is 0 Å². The second-order valence-corrected chi connectivity index (χ2v) is 18.6. The maximum atomic E-state index is 11.4. The van der Waals surface area contributed by atoms with Crippen molar-refractivity contribution in [3.05, 3.63) is 26.5 Å². The fraction of sp³-hybridized carbons (Fsp3) is 0.880. The molecule has 1 aliphatic heterocycles. The van der Waals surface area contributed by atoms with Gasteiger partial charge in [-0.1, -0.05) is 46.0 Å². The summed E-state index contributed by atoms with van der Waals surface area (Å²) in [5.41, 5.74) is -24.8. The Morgan fingerprint density at radius 1 is 0.611 bits per heavy atom. The van der Waals surface area contributed by atoms with E-state index in [0.29, 0.717) is 0 Å². The first-order valence-electron chi connectivity index (χ1n) is 15.6. The molecule has 29 heteroatoms. The molecule has 54 heavy (non-hydrogen) atoms. The van der Waals surface area contributed by atoms with Crippen LogP contribution in [0.5, 0.6) is 0 Å². The SMILES string of the molecule is CCCCCC[N+]1(C)CCCC1.CCCCCCc1[nH]cc[n+]1C.O=S(=O)([N-]S(=O)(=O)C(F)(F)F)C(F)(F)F.O=S(=O)([N-]S(=O)(=O)C(F)(F)F)C(F)(F)F. The van der Waals surface area contributed by atoms with E-state index < -0.39 is 62.1 Å². The van der Waals surface area contributed by atoms with E-state index in [4.69, 9.17) is 0 Å². The van der Waals surface area contributed by atoms with Crippen molar-refractivity contribution in [2.45, 2.75) is 107 Å². The zero-order chi connectivity index (χ0) is 43.1. The van der Waals surface area contributed by atoms with Gasteiger partial charge in [0, 0.05) is 19.3 Å². The lowest BCUT2D eigenvalue weighted by Crippen LogP contribution is -2.41. The van der Waals surface area contributed by atoms with Crippen molar-refractivity contribution < 1.29 is 95.4 Å². The summed E-state index contributed by atoms with van der Waals surface area (Å²) < 4.78 is 222. The highest BCUT2D eigenvalue weighted by molar-refractivity contribution is 8.13. The number of unbranched alkanes of at least 4 members (excludes halogenated alkanes) is 6. The summed E-state index contributed by atoms with van der Waals surface area (Å²) in [5, 5.41) is 0. The van der Waals surface area contributed by atoms with Gasteiger partial charge in [-0.3, -0.25) is 0 Å². The molecular formula is C25H43F12N5O8S4. The van der Waals surface area contributed by atoms with Gasteiger partial charge >= 0.3 is 22.0 Å². The Morgan fingerprint density at radius 2 is 0.944 bits per heavy atom. The van der Waals surface area contributed by atoms with Crippen LogP contribution in [0.1, 0.15) is 83.9 Å². The highest BCUT2D eigenvalue weighted by atomic mass is 32.3. The molecule has 0 aromatic carbocycles. The minimum Gasteiger partial charge on any atom is -0.421 e. The molecule has 0 bridgehead atoms. The Balaban J connectivity index is 0. The molecule has 0 saturated carbocycles. The number of nitrogens with zero attached hydrogens (tertiary/aromatic N) is 4. The maximum absolute atomic E-state index is 11.4. The predicted octanol–water partition coefficient (Wildman–Crippen LogP) is 6.89. The molecule has 1 aromatic rings. The van der Waals surface area contributed by atoms with Crippen LogP contribution in [-0.2, 0) is 53.6 Å². The molecule has 1 aromatic heterocycles. The highest BCUT2D eigenvalue weighted by Gasteiger charge is 2.48. The van der Waals surface area contributed by atoms with Gasteiger partial charge in [-0.2, -0.15) is 52.7 Å². The second-order valence-electron chi connectivity index (χ2n) is 11.7. The number of H-pyrrole nitrogens is 1. The van der Waals surface area contributed by atoms with E-state index in [1.807, 2.05) is 6.20 Å². The fourth-order valence-electron chi connectivity index (χ4n) is 4.07. The van der Waals surface area contributed by atoms with Crippen LogP contribution in [0, 0.1) is 0 Å². The number of rotatable bonds is 14. The van der Waals surface area contributed by atoms with Gasteiger partial charge in [0.15, 0.2) is 40.1 Å². The Kier molecular flexibility index (Phi) is 21.6. The van der Waals surface area contributed by atoms with Crippen molar-refractivity contribution in [3.63, 3.8) is 0 Å². The van der Waals surface area contributed by atoms with Crippen molar-refractivity contribution >= 4 is 40.1 Å². The van der Waals surface area contributed by atoms with Crippen LogP contribution in [-0.4, -0.2) is 91.9 Å². The van der Waals surface area contributed by atoms with E-state index in [2.05, 4.69) is 43.7 Å². The number of hydrogen-bond donors (Lipinski definition) is 1. The molecular weight excluding hydrogens is 855 g/mol. The number of quaternary nitrogens is 1. The average molecular weight is 898 g/mol. The minimum absolute atomic E-state index is 0.778. The summed E-state index contributed by atoms with van der Waals surface area (Å²) >= 11 is 0. The summed E-state index contributed by atoms with van der Waals surface area (Å²) in [6, 6.07) is 0. The van der Waals surface area contributed by atoms with Crippen LogP contribution < -0.4 is 4.57 Å². The molecule has 324 valence electrons. The van der Waals surface area contributed by atoms with Crippen molar-refractivity contribution in [2.75, 3.05) is 26.7 Å². The van der Waals surface area contributed by atoms with E-state index in [9.17, 15) is 86.4 Å². The van der Waals surface area contributed by atoms with Crippen molar-refractivity contribution in [1.82, 2.24) is 4.98 Å². The number of alkyl halides is 12. The summed E-state index contributed by atoms with van der Waals surface area (Å²) in [7, 11) is -22.4. The first kappa shape index (κ1) is 54.2. The van der Waals surface area contributed by atoms with E-state index in [1.165, 1.54) is 101 Å². The first-order chi connectivity index (χ1) is 24.0. The monoisotopic (exact) mass is 897 g/mol. The number of aryl methyl sites for hydroxylation is 2. The molecule has 1 N–H and O–H groups in total. The van der Waals surface area contributed by atoms with Crippen LogP contribution in [0.25, 0.3) is 8.25 Å². The van der Waals surface area contributed by atoms with Crippen molar-refractivity contribution in [1.29, 1.82) is 0 Å². The summed E-state index contributed by atoms with van der Waals surface area (Å²) in [5.74, 6) is 1.34. The van der Waals surface area contributed by atoms with E-state index in [0.717, 1.165) is 8.25 Å². The van der Waals surface area contributed by atoms with Gasteiger partial charge in [-0.05, 0) is 19.3 Å². The molecule has 0 spiro atoms. The minimum atomic E-state index is -6.72. The van der Waals surface area contributed by atoms with Crippen LogP contribution >= 0.6 is 0 Å². The molecule has 13 nitrogen and oxygen atoms in total. The molecule has 0 atom stereocenters. The number of halogens is 12. The lowest BCUT2D eigenvalue weighted by Gasteiger charge is -2.29. The standard InChI is InChI=1S/C11H24N.C10H18N2.2C2F6NO4S2/c1-3-4-5-6-9-12(2)10-7-8-11-12;1-3-4-5-6-7-10-11-8-9-12(10)2;2*3-1(4,5)14(10,11)9-15(12,13)2(6,7)8/h3-11H2,1-2H3;8-9H,3-7H2,1-2H3;;/q+1;;2*-1/p+1. The van der Waals surface area contributed by atoms with Crippen molar-refractivity contribution in [2.24, 2.45) is 7.05 Å². The molecule has 1 aliphatic rings. The smallest absolute Gasteiger partial charge is 0.421 e. The number of aromatic nitrogens is 2. The zero-order valence-corrected chi connectivity index (χ0v) is 32.5. The Morgan fingerprint density at radius 3 is 1.22 bits per heavy atom. The third-order valence-electron chi connectivity index (χ3n) is 7.00. The normalized spacial score (nSPS) is 15.6. The molecule has 0 unspecified atom stereocenters. The van der Waals surface area contributed by atoms with Crippen molar-refractivity contribution in [3.8, 4) is 0 Å². The van der Waals surface area contributed by atoms with E-state index >= 15 is 0 Å².